The average molecular weight is 475 g/mol. The van der Waals surface area contributed by atoms with Crippen molar-refractivity contribution in [3.05, 3.63) is 144 Å². The lowest BCUT2D eigenvalue weighted by Crippen LogP contribution is -2.42. The van der Waals surface area contributed by atoms with Crippen LogP contribution in [-0.4, -0.2) is 35.7 Å². The van der Waals surface area contributed by atoms with Crippen molar-refractivity contribution in [3.8, 4) is 0 Å². The highest BCUT2D eigenvalue weighted by atomic mass is 16.2. The van der Waals surface area contributed by atoms with Crippen LogP contribution in [0.15, 0.2) is 121 Å². The van der Waals surface area contributed by atoms with Crippen LogP contribution in [-0.2, 0) is 9.59 Å². The van der Waals surface area contributed by atoms with Crippen molar-refractivity contribution in [1.82, 2.24) is 10.2 Å². The lowest BCUT2D eigenvalue weighted by atomic mass is 9.87. The van der Waals surface area contributed by atoms with Gasteiger partial charge in [0.15, 0.2) is 5.78 Å². The van der Waals surface area contributed by atoms with Crippen LogP contribution < -0.4 is 5.32 Å². The highest BCUT2D eigenvalue weighted by Crippen LogP contribution is 2.32. The Morgan fingerprint density at radius 2 is 1.11 bits per heavy atom. The first-order chi connectivity index (χ1) is 17.7. The van der Waals surface area contributed by atoms with E-state index in [9.17, 15) is 9.59 Å². The Kier molecular flexibility index (Phi) is 7.34. The first kappa shape index (κ1) is 23.7. The molecule has 4 aromatic carbocycles. The number of benzene rings is 4. The third-order valence-corrected chi connectivity index (χ3v) is 6.89. The second-order valence-electron chi connectivity index (χ2n) is 9.20. The molecule has 1 heterocycles. The standard InChI is InChI=1S/C32H30N2O2/c35-29(30(24-13-5-1-6-14-24)25-15-7-2-8-16-25)23-33-28-21-22-34(32(28)36)31(26-17-9-3-10-18-26)27-19-11-4-12-20-27/h1-20,28,30-31,33H,21-23H2/t28-/m0/s1. The van der Waals surface area contributed by atoms with Crippen LogP contribution in [0.3, 0.4) is 0 Å². The summed E-state index contributed by atoms with van der Waals surface area (Å²) in [6.45, 7) is 0.778. The SMILES string of the molecule is O=C(CN[C@H]1CCN(C(c2ccccc2)c2ccccc2)C1=O)C(c1ccccc1)c1ccccc1. The summed E-state index contributed by atoms with van der Waals surface area (Å²) in [5, 5.41) is 3.30. The van der Waals surface area contributed by atoms with Gasteiger partial charge in [0.2, 0.25) is 5.91 Å². The molecular weight excluding hydrogens is 444 g/mol. The van der Waals surface area contributed by atoms with Crippen LogP contribution in [0.25, 0.3) is 0 Å². The Bertz CT molecular complexity index is 1200. The molecule has 1 fully saturated rings. The summed E-state index contributed by atoms with van der Waals surface area (Å²) in [5.74, 6) is -0.272. The summed E-state index contributed by atoms with van der Waals surface area (Å²) in [4.78, 5) is 29.0. The number of amides is 1. The number of Topliss-reactive ketones (excluding diaryl/α,β-unsaturated/α-hetero) is 1. The molecule has 1 saturated heterocycles. The molecule has 0 radical (unpaired) electrons. The zero-order valence-electron chi connectivity index (χ0n) is 20.2. The molecule has 1 atom stereocenters. The van der Waals surface area contributed by atoms with E-state index in [0.717, 1.165) is 22.3 Å². The van der Waals surface area contributed by atoms with Gasteiger partial charge in [-0.3, -0.25) is 14.9 Å². The third-order valence-electron chi connectivity index (χ3n) is 6.89. The van der Waals surface area contributed by atoms with Gasteiger partial charge in [0.05, 0.1) is 24.5 Å². The number of rotatable bonds is 9. The third kappa shape index (κ3) is 5.14. The molecule has 0 aliphatic carbocycles. The van der Waals surface area contributed by atoms with Crippen LogP contribution >= 0.6 is 0 Å². The maximum Gasteiger partial charge on any atom is 0.240 e. The molecule has 1 aliphatic heterocycles. The highest BCUT2D eigenvalue weighted by molar-refractivity contribution is 5.92. The minimum atomic E-state index is -0.379. The van der Waals surface area contributed by atoms with E-state index < -0.39 is 0 Å². The summed E-state index contributed by atoms with van der Waals surface area (Å²) in [6, 6.07) is 39.4. The van der Waals surface area contributed by atoms with Gasteiger partial charge in [-0.05, 0) is 28.7 Å². The van der Waals surface area contributed by atoms with Crippen LogP contribution in [0.1, 0.15) is 40.6 Å². The number of carbonyl (C=O) groups excluding carboxylic acids is 2. The minimum absolute atomic E-state index is 0.0384. The Morgan fingerprint density at radius 3 is 1.56 bits per heavy atom. The molecule has 0 bridgehead atoms. The molecule has 36 heavy (non-hydrogen) atoms. The van der Waals surface area contributed by atoms with Crippen LogP contribution in [0.4, 0.5) is 0 Å². The fourth-order valence-corrected chi connectivity index (χ4v) is 5.15. The van der Waals surface area contributed by atoms with Gasteiger partial charge in [-0.2, -0.15) is 0 Å². The molecule has 0 aromatic heterocycles. The molecule has 180 valence electrons. The lowest BCUT2D eigenvalue weighted by molar-refractivity contribution is -0.131. The molecule has 5 rings (SSSR count). The van der Waals surface area contributed by atoms with Crippen molar-refractivity contribution in [2.45, 2.75) is 24.4 Å². The number of nitrogens with one attached hydrogen (secondary N) is 1. The summed E-state index contributed by atoms with van der Waals surface area (Å²) >= 11 is 0. The van der Waals surface area contributed by atoms with Crippen molar-refractivity contribution in [1.29, 1.82) is 0 Å². The van der Waals surface area contributed by atoms with E-state index >= 15 is 0 Å². The molecule has 1 amide bonds. The highest BCUT2D eigenvalue weighted by Gasteiger charge is 2.37. The summed E-state index contributed by atoms with van der Waals surface area (Å²) in [5.41, 5.74) is 4.09. The van der Waals surface area contributed by atoms with E-state index in [1.54, 1.807) is 0 Å². The topological polar surface area (TPSA) is 49.4 Å². The number of hydrogen-bond donors (Lipinski definition) is 1. The van der Waals surface area contributed by atoms with Crippen LogP contribution in [0, 0.1) is 0 Å². The molecule has 0 saturated carbocycles. The van der Waals surface area contributed by atoms with Crippen molar-refractivity contribution in [2.75, 3.05) is 13.1 Å². The van der Waals surface area contributed by atoms with E-state index in [4.69, 9.17) is 0 Å². The molecule has 1 aliphatic rings. The Hall–Kier alpha value is -4.02. The van der Waals surface area contributed by atoms with Gasteiger partial charge in [-0.15, -0.1) is 0 Å². The van der Waals surface area contributed by atoms with Gasteiger partial charge in [-0.1, -0.05) is 121 Å². The largest absolute Gasteiger partial charge is 0.330 e. The van der Waals surface area contributed by atoms with Crippen LogP contribution in [0.2, 0.25) is 0 Å². The fraction of sp³-hybridized carbons (Fsp3) is 0.188. The van der Waals surface area contributed by atoms with E-state index in [2.05, 4.69) is 29.6 Å². The number of carbonyl (C=O) groups is 2. The quantitative estimate of drug-likeness (QED) is 0.355. The zero-order chi connectivity index (χ0) is 24.7. The molecule has 0 unspecified atom stereocenters. The first-order valence-corrected chi connectivity index (χ1v) is 12.5. The maximum absolute atomic E-state index is 13.6. The lowest BCUT2D eigenvalue weighted by Gasteiger charge is -2.29. The van der Waals surface area contributed by atoms with E-state index in [1.165, 1.54) is 0 Å². The van der Waals surface area contributed by atoms with Crippen molar-refractivity contribution in [3.63, 3.8) is 0 Å². The second-order valence-corrected chi connectivity index (χ2v) is 9.20. The van der Waals surface area contributed by atoms with Crippen molar-refractivity contribution < 1.29 is 9.59 Å². The van der Waals surface area contributed by atoms with E-state index in [0.29, 0.717) is 13.0 Å². The molecule has 4 aromatic rings. The van der Waals surface area contributed by atoms with E-state index in [1.807, 2.05) is 102 Å². The molecular formula is C32H30N2O2. The number of hydrogen-bond acceptors (Lipinski definition) is 3. The van der Waals surface area contributed by atoms with Crippen molar-refractivity contribution >= 4 is 11.7 Å². The maximum atomic E-state index is 13.6. The Labute approximate surface area is 212 Å². The monoisotopic (exact) mass is 474 g/mol. The van der Waals surface area contributed by atoms with Gasteiger partial charge in [0.1, 0.15) is 0 Å². The summed E-state index contributed by atoms with van der Waals surface area (Å²) in [7, 11) is 0. The smallest absolute Gasteiger partial charge is 0.240 e. The fourth-order valence-electron chi connectivity index (χ4n) is 5.15. The molecule has 0 spiro atoms. The van der Waals surface area contributed by atoms with Crippen molar-refractivity contribution in [2.24, 2.45) is 0 Å². The van der Waals surface area contributed by atoms with Gasteiger partial charge in [-0.25, -0.2) is 0 Å². The summed E-state index contributed by atoms with van der Waals surface area (Å²) in [6.07, 6.45) is 0.670. The molecule has 4 heteroatoms. The normalized spacial score (nSPS) is 15.6. The van der Waals surface area contributed by atoms with Gasteiger partial charge in [0, 0.05) is 6.54 Å². The van der Waals surface area contributed by atoms with Crippen LogP contribution in [0.5, 0.6) is 0 Å². The molecule has 1 N–H and O–H groups in total. The average Bonchev–Trinajstić information content (AvgIpc) is 3.30. The minimum Gasteiger partial charge on any atom is -0.330 e. The van der Waals surface area contributed by atoms with E-state index in [-0.39, 0.29) is 36.2 Å². The van der Waals surface area contributed by atoms with Gasteiger partial charge >= 0.3 is 0 Å². The Balaban J connectivity index is 1.32. The predicted octanol–water partition coefficient (Wildman–Crippen LogP) is 5.37. The van der Waals surface area contributed by atoms with Gasteiger partial charge < -0.3 is 4.90 Å². The first-order valence-electron chi connectivity index (χ1n) is 12.5. The molecule has 4 nitrogen and oxygen atoms in total. The number of likely N-dealkylation sites (tertiary alicyclic amines) is 1. The predicted molar refractivity (Wildman–Crippen MR) is 143 cm³/mol. The summed E-state index contributed by atoms with van der Waals surface area (Å²) < 4.78 is 0. The van der Waals surface area contributed by atoms with Gasteiger partial charge in [0.25, 0.3) is 0 Å². The zero-order valence-corrected chi connectivity index (χ0v) is 20.2. The number of ketones is 1. The Morgan fingerprint density at radius 1 is 0.694 bits per heavy atom. The number of nitrogens with zero attached hydrogens (tertiary/aromatic N) is 1. The second kappa shape index (κ2) is 11.1.